The molecule has 19 heavy (non-hydrogen) atoms. The lowest BCUT2D eigenvalue weighted by atomic mass is 10.3. The van der Waals surface area contributed by atoms with E-state index in [1.54, 1.807) is 29.4 Å². The molecule has 6 nitrogen and oxygen atoms in total. The van der Waals surface area contributed by atoms with Gasteiger partial charge in [-0.05, 0) is 19.4 Å². The van der Waals surface area contributed by atoms with Crippen LogP contribution in [0.15, 0.2) is 31.0 Å². The quantitative estimate of drug-likeness (QED) is 0.767. The highest BCUT2D eigenvalue weighted by molar-refractivity contribution is 5.87. The first-order chi connectivity index (χ1) is 9.24. The minimum absolute atomic E-state index is 0.173. The molecule has 100 valence electrons. The maximum Gasteiger partial charge on any atom is 0.356 e. The Kier molecular flexibility index (Phi) is 4.22. The SMILES string of the molecule is CCCOC(=O)c1cncn1C(C)c1ncccn1. The molecule has 0 aliphatic carbocycles. The Morgan fingerprint density at radius 1 is 1.42 bits per heavy atom. The number of nitrogens with zero attached hydrogens (tertiary/aromatic N) is 4. The molecule has 1 unspecified atom stereocenters. The van der Waals surface area contributed by atoms with Gasteiger partial charge in [0.2, 0.25) is 0 Å². The Balaban J connectivity index is 2.22. The molecule has 2 aromatic rings. The standard InChI is InChI=1S/C13H16N4O2/c1-3-7-19-13(18)11-8-14-9-17(11)10(2)12-15-5-4-6-16-12/h4-6,8-10H,3,7H2,1-2H3. The number of carbonyl (C=O) groups is 1. The molecule has 1 atom stereocenters. The smallest absolute Gasteiger partial charge is 0.356 e. The van der Waals surface area contributed by atoms with Crippen molar-refractivity contribution >= 4 is 5.97 Å². The van der Waals surface area contributed by atoms with Gasteiger partial charge in [0.1, 0.15) is 5.69 Å². The lowest BCUT2D eigenvalue weighted by Crippen LogP contribution is -2.17. The van der Waals surface area contributed by atoms with E-state index in [2.05, 4.69) is 15.0 Å². The lowest BCUT2D eigenvalue weighted by Gasteiger charge is -2.14. The van der Waals surface area contributed by atoms with Crippen LogP contribution in [0.1, 0.15) is 42.6 Å². The molecule has 0 bridgehead atoms. The highest BCUT2D eigenvalue weighted by atomic mass is 16.5. The van der Waals surface area contributed by atoms with E-state index in [0.717, 1.165) is 6.42 Å². The Morgan fingerprint density at radius 2 is 2.16 bits per heavy atom. The van der Waals surface area contributed by atoms with Gasteiger partial charge in [0.15, 0.2) is 5.82 Å². The van der Waals surface area contributed by atoms with Crippen LogP contribution >= 0.6 is 0 Å². The van der Waals surface area contributed by atoms with E-state index in [-0.39, 0.29) is 12.0 Å². The van der Waals surface area contributed by atoms with Crippen LogP contribution in [0.5, 0.6) is 0 Å². The first-order valence-corrected chi connectivity index (χ1v) is 6.20. The molecular weight excluding hydrogens is 244 g/mol. The van der Waals surface area contributed by atoms with Crippen molar-refractivity contribution in [3.63, 3.8) is 0 Å². The number of imidazole rings is 1. The van der Waals surface area contributed by atoms with E-state index in [9.17, 15) is 4.79 Å². The molecule has 2 aromatic heterocycles. The number of esters is 1. The zero-order chi connectivity index (χ0) is 13.7. The van der Waals surface area contributed by atoms with E-state index >= 15 is 0 Å². The summed E-state index contributed by atoms with van der Waals surface area (Å²) in [6.45, 7) is 4.26. The van der Waals surface area contributed by atoms with Gasteiger partial charge in [-0.2, -0.15) is 0 Å². The Morgan fingerprint density at radius 3 is 2.84 bits per heavy atom. The van der Waals surface area contributed by atoms with E-state index < -0.39 is 0 Å². The molecule has 0 spiro atoms. The number of ether oxygens (including phenoxy) is 1. The summed E-state index contributed by atoms with van der Waals surface area (Å²) >= 11 is 0. The first-order valence-electron chi connectivity index (χ1n) is 6.20. The Bertz CT molecular complexity index is 539. The summed E-state index contributed by atoms with van der Waals surface area (Å²) in [6, 6.07) is 1.58. The van der Waals surface area contributed by atoms with Crippen LogP contribution in [0.25, 0.3) is 0 Å². The van der Waals surface area contributed by atoms with Gasteiger partial charge in [0.25, 0.3) is 0 Å². The molecule has 0 amide bonds. The van der Waals surface area contributed by atoms with Crippen molar-refractivity contribution in [1.82, 2.24) is 19.5 Å². The highest BCUT2D eigenvalue weighted by Crippen LogP contribution is 2.16. The molecule has 0 aliphatic heterocycles. The number of hydrogen-bond donors (Lipinski definition) is 0. The maximum atomic E-state index is 11.9. The monoisotopic (exact) mass is 260 g/mol. The summed E-state index contributed by atoms with van der Waals surface area (Å²) in [5.41, 5.74) is 0.411. The number of carbonyl (C=O) groups excluding carboxylic acids is 1. The topological polar surface area (TPSA) is 69.9 Å². The highest BCUT2D eigenvalue weighted by Gasteiger charge is 2.19. The van der Waals surface area contributed by atoms with Crippen molar-refractivity contribution in [3.05, 3.63) is 42.5 Å². The molecule has 0 aromatic carbocycles. The van der Waals surface area contributed by atoms with E-state index in [0.29, 0.717) is 18.1 Å². The summed E-state index contributed by atoms with van der Waals surface area (Å²) in [6.07, 6.45) is 7.22. The van der Waals surface area contributed by atoms with Crippen LogP contribution in [0.4, 0.5) is 0 Å². The zero-order valence-corrected chi connectivity index (χ0v) is 11.0. The average molecular weight is 260 g/mol. The summed E-state index contributed by atoms with van der Waals surface area (Å²) in [4.78, 5) is 24.3. The normalized spacial score (nSPS) is 12.1. The van der Waals surface area contributed by atoms with E-state index in [1.807, 2.05) is 13.8 Å². The molecule has 0 aliphatic rings. The van der Waals surface area contributed by atoms with Crippen molar-refractivity contribution in [1.29, 1.82) is 0 Å². The summed E-state index contributed by atoms with van der Waals surface area (Å²) in [5.74, 6) is 0.257. The molecule has 0 radical (unpaired) electrons. The van der Waals surface area contributed by atoms with Gasteiger partial charge in [0, 0.05) is 12.4 Å². The zero-order valence-electron chi connectivity index (χ0n) is 11.0. The fourth-order valence-electron chi connectivity index (χ4n) is 1.69. The second-order valence-corrected chi connectivity index (χ2v) is 4.11. The van der Waals surface area contributed by atoms with Gasteiger partial charge >= 0.3 is 5.97 Å². The third-order valence-corrected chi connectivity index (χ3v) is 2.69. The first kappa shape index (κ1) is 13.2. The van der Waals surface area contributed by atoms with E-state index in [4.69, 9.17) is 4.74 Å². The predicted octanol–water partition coefficient (Wildman–Crippen LogP) is 1.85. The Labute approximate surface area is 111 Å². The van der Waals surface area contributed by atoms with Crippen LogP contribution in [-0.2, 0) is 4.74 Å². The van der Waals surface area contributed by atoms with Crippen molar-refractivity contribution < 1.29 is 9.53 Å². The predicted molar refractivity (Wildman–Crippen MR) is 68.6 cm³/mol. The third-order valence-electron chi connectivity index (χ3n) is 2.69. The number of hydrogen-bond acceptors (Lipinski definition) is 5. The number of rotatable bonds is 5. The Hall–Kier alpha value is -2.24. The summed E-state index contributed by atoms with van der Waals surface area (Å²) < 4.78 is 6.84. The van der Waals surface area contributed by atoms with Crippen molar-refractivity contribution in [2.75, 3.05) is 6.61 Å². The van der Waals surface area contributed by atoms with Crippen molar-refractivity contribution in [2.24, 2.45) is 0 Å². The van der Waals surface area contributed by atoms with Crippen LogP contribution in [-0.4, -0.2) is 32.1 Å². The van der Waals surface area contributed by atoms with E-state index in [1.165, 1.54) is 6.20 Å². The number of aromatic nitrogens is 4. The van der Waals surface area contributed by atoms with Gasteiger partial charge in [-0.3, -0.25) is 0 Å². The minimum Gasteiger partial charge on any atom is -0.461 e. The molecular formula is C13H16N4O2. The van der Waals surface area contributed by atoms with Gasteiger partial charge in [-0.1, -0.05) is 6.92 Å². The summed E-state index contributed by atoms with van der Waals surface area (Å²) in [7, 11) is 0. The molecule has 6 heteroatoms. The minimum atomic E-state index is -0.373. The van der Waals surface area contributed by atoms with Gasteiger partial charge in [-0.15, -0.1) is 0 Å². The van der Waals surface area contributed by atoms with Crippen LogP contribution < -0.4 is 0 Å². The second kappa shape index (κ2) is 6.08. The van der Waals surface area contributed by atoms with Crippen LogP contribution in [0.2, 0.25) is 0 Å². The summed E-state index contributed by atoms with van der Waals surface area (Å²) in [5, 5.41) is 0. The average Bonchev–Trinajstić information content (AvgIpc) is 2.94. The maximum absolute atomic E-state index is 11.9. The fraction of sp³-hybridized carbons (Fsp3) is 0.385. The second-order valence-electron chi connectivity index (χ2n) is 4.11. The van der Waals surface area contributed by atoms with Crippen LogP contribution in [0, 0.1) is 0 Å². The molecule has 2 rings (SSSR count). The molecule has 0 saturated heterocycles. The molecule has 0 saturated carbocycles. The fourth-order valence-corrected chi connectivity index (χ4v) is 1.69. The van der Waals surface area contributed by atoms with Crippen molar-refractivity contribution in [3.8, 4) is 0 Å². The van der Waals surface area contributed by atoms with Gasteiger partial charge in [-0.25, -0.2) is 19.7 Å². The van der Waals surface area contributed by atoms with Gasteiger partial charge in [0.05, 0.1) is 25.2 Å². The van der Waals surface area contributed by atoms with Crippen LogP contribution in [0.3, 0.4) is 0 Å². The van der Waals surface area contributed by atoms with Gasteiger partial charge < -0.3 is 9.30 Å². The molecule has 0 fully saturated rings. The molecule has 2 heterocycles. The lowest BCUT2D eigenvalue weighted by molar-refractivity contribution is 0.0491. The van der Waals surface area contributed by atoms with Crippen molar-refractivity contribution in [2.45, 2.75) is 26.3 Å². The molecule has 0 N–H and O–H groups in total. The largest absolute Gasteiger partial charge is 0.461 e. The third kappa shape index (κ3) is 2.96.